The van der Waals surface area contributed by atoms with Crippen LogP contribution in [0.1, 0.15) is 6.92 Å². The number of carbonyl (C=O) groups excluding carboxylic acids is 1. The zero-order valence-electron chi connectivity index (χ0n) is 13.4. The van der Waals surface area contributed by atoms with Gasteiger partial charge in [-0.3, -0.25) is 14.0 Å². The third-order valence-corrected chi connectivity index (χ3v) is 4.59. The van der Waals surface area contributed by atoms with Crippen molar-refractivity contribution in [1.29, 1.82) is 0 Å². The summed E-state index contributed by atoms with van der Waals surface area (Å²) < 4.78 is 1.67. The number of pyridine rings is 1. The van der Waals surface area contributed by atoms with Gasteiger partial charge in [0.25, 0.3) is 5.56 Å². The second kappa shape index (κ2) is 4.77. The molecule has 0 spiro atoms. The minimum Gasteiger partial charge on any atom is -0.326 e. The molecular formula is C20H13N3O2. The van der Waals surface area contributed by atoms with Crippen LogP contribution in [0.4, 0.5) is 5.69 Å². The van der Waals surface area contributed by atoms with E-state index < -0.39 is 0 Å². The highest BCUT2D eigenvalue weighted by Gasteiger charge is 2.17. The van der Waals surface area contributed by atoms with E-state index in [4.69, 9.17) is 0 Å². The largest absolute Gasteiger partial charge is 0.326 e. The molecular weight excluding hydrogens is 314 g/mol. The van der Waals surface area contributed by atoms with Crippen LogP contribution >= 0.6 is 0 Å². The maximum atomic E-state index is 13.1. The minimum atomic E-state index is -0.143. The quantitative estimate of drug-likeness (QED) is 0.512. The van der Waals surface area contributed by atoms with Crippen LogP contribution in [-0.4, -0.2) is 15.3 Å². The molecule has 5 heteroatoms. The zero-order valence-corrected chi connectivity index (χ0v) is 13.4. The van der Waals surface area contributed by atoms with Gasteiger partial charge < -0.3 is 5.32 Å². The molecule has 0 bridgehead atoms. The molecule has 3 aromatic carbocycles. The highest BCUT2D eigenvalue weighted by Crippen LogP contribution is 2.33. The monoisotopic (exact) mass is 327 g/mol. The van der Waals surface area contributed by atoms with E-state index >= 15 is 0 Å². The first-order chi connectivity index (χ1) is 12.1. The summed E-state index contributed by atoms with van der Waals surface area (Å²) in [6.07, 6.45) is 0. The molecule has 0 unspecified atom stereocenters. The molecule has 1 N–H and O–H groups in total. The van der Waals surface area contributed by atoms with Crippen molar-refractivity contribution < 1.29 is 4.79 Å². The van der Waals surface area contributed by atoms with E-state index in [1.165, 1.54) is 6.92 Å². The lowest BCUT2D eigenvalue weighted by molar-refractivity contribution is -0.114. The number of hydrogen-bond donors (Lipinski definition) is 1. The minimum absolute atomic E-state index is 0.0956. The van der Waals surface area contributed by atoms with Crippen molar-refractivity contribution in [2.45, 2.75) is 6.92 Å². The van der Waals surface area contributed by atoms with Gasteiger partial charge in [0, 0.05) is 34.2 Å². The topological polar surface area (TPSA) is 63.5 Å². The van der Waals surface area contributed by atoms with Crippen LogP contribution in [0.25, 0.3) is 38.2 Å². The van der Waals surface area contributed by atoms with Crippen LogP contribution in [-0.2, 0) is 4.79 Å². The summed E-state index contributed by atoms with van der Waals surface area (Å²) in [4.78, 5) is 29.3. The first-order valence-corrected chi connectivity index (χ1v) is 8.01. The van der Waals surface area contributed by atoms with Crippen molar-refractivity contribution in [2.75, 3.05) is 5.32 Å². The van der Waals surface area contributed by atoms with Gasteiger partial charge in [-0.15, -0.1) is 0 Å². The number of fused-ring (bicyclic) bond motifs is 4. The highest BCUT2D eigenvalue weighted by atomic mass is 16.1. The van der Waals surface area contributed by atoms with Crippen molar-refractivity contribution in [3.63, 3.8) is 0 Å². The average Bonchev–Trinajstić information content (AvgIpc) is 3.00. The lowest BCUT2D eigenvalue weighted by Gasteiger charge is -2.11. The Morgan fingerprint density at radius 2 is 1.76 bits per heavy atom. The van der Waals surface area contributed by atoms with E-state index in [0.717, 1.165) is 27.2 Å². The Bertz CT molecular complexity index is 1370. The van der Waals surface area contributed by atoms with Gasteiger partial charge in [0.05, 0.1) is 11.0 Å². The van der Waals surface area contributed by atoms with Gasteiger partial charge in [-0.1, -0.05) is 30.3 Å². The summed E-state index contributed by atoms with van der Waals surface area (Å²) in [6, 6.07) is 17.0. The summed E-state index contributed by atoms with van der Waals surface area (Å²) in [7, 11) is 0. The molecule has 5 rings (SSSR count). The summed E-state index contributed by atoms with van der Waals surface area (Å²) in [5, 5.41) is 6.04. The number of para-hydroxylation sites is 2. The molecule has 0 aliphatic carbocycles. The second-order valence-electron chi connectivity index (χ2n) is 6.13. The fourth-order valence-corrected chi connectivity index (χ4v) is 3.60. The van der Waals surface area contributed by atoms with Crippen molar-refractivity contribution in [1.82, 2.24) is 9.38 Å². The van der Waals surface area contributed by atoms with Crippen LogP contribution in [0.2, 0.25) is 0 Å². The lowest BCUT2D eigenvalue weighted by atomic mass is 10.0. The number of benzene rings is 3. The molecule has 0 saturated heterocycles. The van der Waals surface area contributed by atoms with Gasteiger partial charge in [-0.25, -0.2) is 4.98 Å². The van der Waals surface area contributed by atoms with Gasteiger partial charge >= 0.3 is 0 Å². The van der Waals surface area contributed by atoms with Crippen LogP contribution < -0.4 is 10.9 Å². The summed E-state index contributed by atoms with van der Waals surface area (Å²) in [5.41, 5.74) is 2.84. The standard InChI is InChI=1S/C20H13N3O2/c1-11(24)21-15-10-9-14-18-12(15)5-4-6-13(18)19-22-16-7-2-3-8-17(16)23(19)20(14)25/h2-10H,1H3,(H,21,24). The maximum Gasteiger partial charge on any atom is 0.264 e. The summed E-state index contributed by atoms with van der Waals surface area (Å²) in [6.45, 7) is 1.47. The molecule has 0 aliphatic heterocycles. The Balaban J connectivity index is 2.07. The lowest BCUT2D eigenvalue weighted by Crippen LogP contribution is -2.14. The maximum absolute atomic E-state index is 13.1. The fraction of sp³-hybridized carbons (Fsp3) is 0.0500. The van der Waals surface area contributed by atoms with Crippen LogP contribution in [0, 0.1) is 0 Å². The number of nitrogens with zero attached hydrogens (tertiary/aromatic N) is 2. The predicted octanol–water partition coefficient (Wildman–Crippen LogP) is 3.55. The molecule has 0 fully saturated rings. The molecule has 1 amide bonds. The SMILES string of the molecule is CC(=O)Nc1ccc2c(=O)n3c4ccccc4nc3c3cccc1c23. The first-order valence-electron chi connectivity index (χ1n) is 8.01. The number of rotatable bonds is 1. The van der Waals surface area contributed by atoms with Crippen molar-refractivity contribution >= 4 is 49.8 Å². The molecule has 5 nitrogen and oxygen atoms in total. The van der Waals surface area contributed by atoms with Crippen LogP contribution in [0.15, 0.2) is 59.4 Å². The molecule has 2 heterocycles. The van der Waals surface area contributed by atoms with Crippen molar-refractivity contribution in [2.24, 2.45) is 0 Å². The Kier molecular flexibility index (Phi) is 2.65. The van der Waals surface area contributed by atoms with Gasteiger partial charge in [0.15, 0.2) is 0 Å². The number of imidazole rings is 1. The number of aromatic nitrogens is 2. The van der Waals surface area contributed by atoms with Gasteiger partial charge in [0.2, 0.25) is 5.91 Å². The summed E-state index contributed by atoms with van der Waals surface area (Å²) >= 11 is 0. The van der Waals surface area contributed by atoms with E-state index in [-0.39, 0.29) is 11.5 Å². The molecule has 0 radical (unpaired) electrons. The first kappa shape index (κ1) is 13.9. The van der Waals surface area contributed by atoms with E-state index in [1.54, 1.807) is 16.5 Å². The van der Waals surface area contributed by atoms with Gasteiger partial charge in [-0.05, 0) is 24.3 Å². The molecule has 25 heavy (non-hydrogen) atoms. The Labute approximate surface area is 141 Å². The molecule has 2 aromatic heterocycles. The number of nitrogens with one attached hydrogen (secondary N) is 1. The number of carbonyl (C=O) groups is 1. The Morgan fingerprint density at radius 1 is 0.960 bits per heavy atom. The molecule has 120 valence electrons. The molecule has 0 aliphatic rings. The Morgan fingerprint density at radius 3 is 2.60 bits per heavy atom. The van der Waals surface area contributed by atoms with Crippen LogP contribution in [0.3, 0.4) is 0 Å². The van der Waals surface area contributed by atoms with E-state index in [0.29, 0.717) is 16.7 Å². The molecule has 5 aromatic rings. The zero-order chi connectivity index (χ0) is 17.1. The van der Waals surface area contributed by atoms with E-state index in [9.17, 15) is 9.59 Å². The van der Waals surface area contributed by atoms with E-state index in [1.807, 2.05) is 42.5 Å². The molecule has 0 atom stereocenters. The predicted molar refractivity (Wildman–Crippen MR) is 99.5 cm³/mol. The normalized spacial score (nSPS) is 11.7. The second-order valence-corrected chi connectivity index (χ2v) is 6.13. The fourth-order valence-electron chi connectivity index (χ4n) is 3.60. The Hall–Kier alpha value is -3.47. The third kappa shape index (κ3) is 1.80. The van der Waals surface area contributed by atoms with E-state index in [2.05, 4.69) is 10.3 Å². The van der Waals surface area contributed by atoms with Crippen LogP contribution in [0.5, 0.6) is 0 Å². The van der Waals surface area contributed by atoms with Gasteiger partial charge in [-0.2, -0.15) is 0 Å². The highest BCUT2D eigenvalue weighted by molar-refractivity contribution is 6.19. The average molecular weight is 327 g/mol. The smallest absolute Gasteiger partial charge is 0.264 e. The number of hydrogen-bond acceptors (Lipinski definition) is 3. The number of anilines is 1. The third-order valence-electron chi connectivity index (χ3n) is 4.59. The number of amides is 1. The summed E-state index contributed by atoms with van der Waals surface area (Å²) in [5.74, 6) is -0.143. The van der Waals surface area contributed by atoms with Crippen molar-refractivity contribution in [3.05, 3.63) is 65.0 Å². The van der Waals surface area contributed by atoms with Crippen molar-refractivity contribution in [3.8, 4) is 0 Å². The molecule has 0 saturated carbocycles. The van der Waals surface area contributed by atoms with Gasteiger partial charge in [0.1, 0.15) is 5.65 Å².